The Morgan fingerprint density at radius 3 is 2.22 bits per heavy atom. The van der Waals surface area contributed by atoms with E-state index in [1.807, 2.05) is 0 Å². The summed E-state index contributed by atoms with van der Waals surface area (Å²) in [6.07, 6.45) is 0. The molecule has 0 aliphatic carbocycles. The molecule has 0 fully saturated rings. The predicted octanol–water partition coefficient (Wildman–Crippen LogP) is 1.39. The third kappa shape index (κ3) is 3.48. The molecule has 2 atom stereocenters. The Bertz CT molecular complexity index is 427. The molecule has 1 amide bonds. The van der Waals surface area contributed by atoms with Gasteiger partial charge in [0.1, 0.15) is 11.8 Å². The maximum absolute atomic E-state index is 11.8. The normalized spacial score (nSPS) is 13.5. The van der Waals surface area contributed by atoms with E-state index in [0.29, 0.717) is 5.75 Å². The fourth-order valence-corrected chi connectivity index (χ4v) is 1.44. The van der Waals surface area contributed by atoms with Gasteiger partial charge in [-0.25, -0.2) is 0 Å². The number of benzene rings is 1. The molecule has 5 heteroatoms. The number of amides is 1. The minimum absolute atomic E-state index is 0.310. The Balaban J connectivity index is 2.70. The lowest BCUT2D eigenvalue weighted by Crippen LogP contribution is -2.40. The number of nitrogens with one attached hydrogen (secondary N) is 1. The summed E-state index contributed by atoms with van der Waals surface area (Å²) in [6, 6.07) is 6.21. The van der Waals surface area contributed by atoms with Gasteiger partial charge in [-0.1, -0.05) is 12.1 Å². The van der Waals surface area contributed by atoms with Gasteiger partial charge in [-0.3, -0.25) is 9.59 Å². The number of rotatable bonds is 5. The van der Waals surface area contributed by atoms with Crippen LogP contribution >= 0.6 is 0 Å². The highest BCUT2D eigenvalue weighted by Crippen LogP contribution is 2.19. The first-order chi connectivity index (χ1) is 8.45. The van der Waals surface area contributed by atoms with Crippen molar-refractivity contribution in [3.8, 4) is 5.75 Å². The van der Waals surface area contributed by atoms with E-state index in [1.165, 1.54) is 6.92 Å². The zero-order chi connectivity index (χ0) is 13.7. The molecule has 0 aliphatic heterocycles. The van der Waals surface area contributed by atoms with E-state index in [0.717, 1.165) is 5.56 Å². The summed E-state index contributed by atoms with van der Waals surface area (Å²) in [7, 11) is 1.57. The second-order valence-corrected chi connectivity index (χ2v) is 4.06. The van der Waals surface area contributed by atoms with Gasteiger partial charge in [0, 0.05) is 0 Å². The largest absolute Gasteiger partial charge is 0.497 e. The number of hydrogen-bond acceptors (Lipinski definition) is 3. The number of carbonyl (C=O) groups is 2. The lowest BCUT2D eigenvalue weighted by atomic mass is 10.00. The zero-order valence-electron chi connectivity index (χ0n) is 10.6. The third-order valence-corrected chi connectivity index (χ3v) is 2.74. The smallest absolute Gasteiger partial charge is 0.325 e. The van der Waals surface area contributed by atoms with Crippen LogP contribution in [0, 0.1) is 0 Å². The Morgan fingerprint density at radius 2 is 1.78 bits per heavy atom. The van der Waals surface area contributed by atoms with Crippen molar-refractivity contribution in [1.82, 2.24) is 5.32 Å². The summed E-state index contributed by atoms with van der Waals surface area (Å²) < 4.78 is 5.03. The van der Waals surface area contributed by atoms with Crippen LogP contribution in [0.15, 0.2) is 24.3 Å². The van der Waals surface area contributed by atoms with E-state index < -0.39 is 17.9 Å². The first kappa shape index (κ1) is 14.0. The predicted molar refractivity (Wildman–Crippen MR) is 66.6 cm³/mol. The van der Waals surface area contributed by atoms with Crippen molar-refractivity contribution >= 4 is 11.9 Å². The molecule has 0 spiro atoms. The average molecular weight is 251 g/mol. The summed E-state index contributed by atoms with van der Waals surface area (Å²) in [6.45, 7) is 3.16. The highest BCUT2D eigenvalue weighted by molar-refractivity contribution is 5.87. The Labute approximate surface area is 106 Å². The van der Waals surface area contributed by atoms with Crippen LogP contribution in [0.3, 0.4) is 0 Å². The van der Waals surface area contributed by atoms with E-state index >= 15 is 0 Å². The Morgan fingerprint density at radius 1 is 1.22 bits per heavy atom. The lowest BCUT2D eigenvalue weighted by Gasteiger charge is -2.15. The molecule has 2 N–H and O–H groups in total. The summed E-state index contributed by atoms with van der Waals surface area (Å²) in [5, 5.41) is 11.2. The minimum Gasteiger partial charge on any atom is -0.497 e. The Hall–Kier alpha value is -2.04. The number of ether oxygens (including phenoxy) is 1. The topological polar surface area (TPSA) is 75.6 Å². The van der Waals surface area contributed by atoms with Gasteiger partial charge in [0.25, 0.3) is 0 Å². The molecule has 18 heavy (non-hydrogen) atoms. The maximum atomic E-state index is 11.8. The zero-order valence-corrected chi connectivity index (χ0v) is 10.6. The third-order valence-electron chi connectivity index (χ3n) is 2.74. The molecule has 0 bridgehead atoms. The molecular formula is C13H17NO4. The number of carboxylic acid groups (broad SMARTS) is 1. The number of methoxy groups -OCH3 is 1. The molecule has 0 saturated carbocycles. The van der Waals surface area contributed by atoms with Crippen LogP contribution in [0.5, 0.6) is 5.75 Å². The van der Waals surface area contributed by atoms with Crippen molar-refractivity contribution in [3.63, 3.8) is 0 Å². The molecule has 0 aliphatic rings. The molecule has 98 valence electrons. The van der Waals surface area contributed by atoms with Gasteiger partial charge >= 0.3 is 5.97 Å². The standard InChI is InChI=1S/C13H17NO4/c1-8(12(15)14-9(2)13(16)17)10-4-6-11(18-3)7-5-10/h4-9H,1-3H3,(H,14,15)(H,16,17)/t8-,9+/m1/s1. The summed E-state index contributed by atoms with van der Waals surface area (Å²) >= 11 is 0. The van der Waals surface area contributed by atoms with E-state index in [-0.39, 0.29) is 5.91 Å². The molecule has 5 nitrogen and oxygen atoms in total. The van der Waals surface area contributed by atoms with E-state index in [4.69, 9.17) is 9.84 Å². The van der Waals surface area contributed by atoms with Gasteiger partial charge in [-0.05, 0) is 31.5 Å². The van der Waals surface area contributed by atoms with Gasteiger partial charge in [-0.2, -0.15) is 0 Å². The molecule has 1 aromatic rings. The van der Waals surface area contributed by atoms with E-state index in [2.05, 4.69) is 5.32 Å². The van der Waals surface area contributed by atoms with E-state index in [9.17, 15) is 9.59 Å². The van der Waals surface area contributed by atoms with Crippen LogP contribution in [0.2, 0.25) is 0 Å². The van der Waals surface area contributed by atoms with Crippen LogP contribution in [0.1, 0.15) is 25.3 Å². The molecule has 0 aromatic heterocycles. The average Bonchev–Trinajstić information content (AvgIpc) is 2.37. The maximum Gasteiger partial charge on any atom is 0.325 e. The fraction of sp³-hybridized carbons (Fsp3) is 0.385. The highest BCUT2D eigenvalue weighted by Gasteiger charge is 2.20. The first-order valence-electron chi connectivity index (χ1n) is 5.62. The molecule has 0 radical (unpaired) electrons. The fourth-order valence-electron chi connectivity index (χ4n) is 1.44. The van der Waals surface area contributed by atoms with Gasteiger partial charge in [0.2, 0.25) is 5.91 Å². The van der Waals surface area contributed by atoms with E-state index in [1.54, 1.807) is 38.3 Å². The lowest BCUT2D eigenvalue weighted by molar-refractivity contribution is -0.141. The molecule has 0 heterocycles. The van der Waals surface area contributed by atoms with Gasteiger partial charge in [0.15, 0.2) is 0 Å². The molecule has 1 rings (SSSR count). The summed E-state index contributed by atoms with van der Waals surface area (Å²) in [4.78, 5) is 22.5. The number of hydrogen-bond donors (Lipinski definition) is 2. The molecule has 0 unspecified atom stereocenters. The van der Waals surface area contributed by atoms with Gasteiger partial charge in [-0.15, -0.1) is 0 Å². The summed E-state index contributed by atoms with van der Waals surface area (Å²) in [5.41, 5.74) is 0.811. The molecular weight excluding hydrogens is 234 g/mol. The van der Waals surface area contributed by atoms with Gasteiger partial charge < -0.3 is 15.2 Å². The van der Waals surface area contributed by atoms with Crippen molar-refractivity contribution in [1.29, 1.82) is 0 Å². The monoisotopic (exact) mass is 251 g/mol. The first-order valence-corrected chi connectivity index (χ1v) is 5.62. The quantitative estimate of drug-likeness (QED) is 0.829. The van der Waals surface area contributed by atoms with Crippen molar-refractivity contribution in [2.45, 2.75) is 25.8 Å². The van der Waals surface area contributed by atoms with Crippen LogP contribution in [0.25, 0.3) is 0 Å². The van der Waals surface area contributed by atoms with Crippen LogP contribution in [-0.4, -0.2) is 30.1 Å². The SMILES string of the molecule is COc1ccc([C@@H](C)C(=O)N[C@@H](C)C(=O)O)cc1. The Kier molecular flexibility index (Phi) is 4.71. The van der Waals surface area contributed by atoms with Crippen molar-refractivity contribution in [3.05, 3.63) is 29.8 Å². The number of aliphatic carboxylic acids is 1. The second kappa shape index (κ2) is 6.05. The number of carboxylic acids is 1. The highest BCUT2D eigenvalue weighted by atomic mass is 16.5. The minimum atomic E-state index is -1.05. The van der Waals surface area contributed by atoms with Gasteiger partial charge in [0.05, 0.1) is 13.0 Å². The van der Waals surface area contributed by atoms with Crippen LogP contribution in [0.4, 0.5) is 0 Å². The second-order valence-electron chi connectivity index (χ2n) is 4.06. The summed E-state index contributed by atoms with van der Waals surface area (Å²) in [5.74, 6) is -1.05. The van der Waals surface area contributed by atoms with Crippen molar-refractivity contribution in [2.24, 2.45) is 0 Å². The van der Waals surface area contributed by atoms with Crippen LogP contribution in [-0.2, 0) is 9.59 Å². The van der Waals surface area contributed by atoms with Crippen LogP contribution < -0.4 is 10.1 Å². The molecule has 0 saturated heterocycles. The molecule has 1 aromatic carbocycles. The number of carbonyl (C=O) groups excluding carboxylic acids is 1. The van der Waals surface area contributed by atoms with Crippen molar-refractivity contribution in [2.75, 3.05) is 7.11 Å². The van der Waals surface area contributed by atoms with Crippen molar-refractivity contribution < 1.29 is 19.4 Å².